The maximum absolute atomic E-state index is 12.1. The number of allylic oxidation sites excluding steroid dienone is 4. The molecule has 0 spiro atoms. The lowest BCUT2D eigenvalue weighted by Crippen LogP contribution is -2.37. The maximum atomic E-state index is 12.1. The minimum Gasteiger partial charge on any atom is -0.464 e. The van der Waals surface area contributed by atoms with Crippen LogP contribution in [0.2, 0.25) is 0 Å². The maximum Gasteiger partial charge on any atom is 0.356 e. The number of nitrogens with zero attached hydrogens (tertiary/aromatic N) is 4. The van der Waals surface area contributed by atoms with Gasteiger partial charge in [-0.15, -0.1) is 11.8 Å². The van der Waals surface area contributed by atoms with Crippen molar-refractivity contribution >= 4 is 40.2 Å². The third-order valence-electron chi connectivity index (χ3n) is 4.36. The van der Waals surface area contributed by atoms with E-state index in [0.717, 1.165) is 10.5 Å². The molecule has 29 heavy (non-hydrogen) atoms. The number of carbonyl (C=O) groups excluding carboxylic acids is 1. The van der Waals surface area contributed by atoms with E-state index in [-0.39, 0.29) is 5.69 Å². The highest BCUT2D eigenvalue weighted by atomic mass is 32.2. The fraction of sp³-hybridized carbons (Fsp3) is 0.300. The summed E-state index contributed by atoms with van der Waals surface area (Å²) in [6.45, 7) is 6.26. The van der Waals surface area contributed by atoms with Crippen molar-refractivity contribution in [1.29, 1.82) is 0 Å². The summed E-state index contributed by atoms with van der Waals surface area (Å²) in [4.78, 5) is 29.1. The molecule has 0 radical (unpaired) electrons. The average molecular weight is 414 g/mol. The minimum atomic E-state index is -0.502. The number of carbonyl (C=O) groups is 1. The molecule has 0 unspecified atom stereocenters. The summed E-state index contributed by atoms with van der Waals surface area (Å²) in [5.41, 5.74) is 7.77. The van der Waals surface area contributed by atoms with Gasteiger partial charge in [0.05, 0.1) is 20.3 Å². The molecule has 0 saturated carbocycles. The number of rotatable bonds is 6. The zero-order chi connectivity index (χ0) is 20.8. The molecule has 1 aliphatic heterocycles. The topological polar surface area (TPSA) is 103 Å². The Labute approximate surface area is 173 Å². The lowest BCUT2D eigenvalue weighted by atomic mass is 10.2. The number of hydrogen-bond acceptors (Lipinski definition) is 9. The van der Waals surface area contributed by atoms with Gasteiger partial charge in [-0.25, -0.2) is 19.7 Å². The number of ether oxygens (including phenoxy) is 2. The van der Waals surface area contributed by atoms with E-state index in [2.05, 4.69) is 16.5 Å². The fourth-order valence-corrected chi connectivity index (χ4v) is 3.55. The predicted molar refractivity (Wildman–Crippen MR) is 115 cm³/mol. The number of esters is 1. The molecule has 0 atom stereocenters. The summed E-state index contributed by atoms with van der Waals surface area (Å²) in [6.07, 6.45) is 8.53. The monoisotopic (exact) mass is 413 g/mol. The van der Waals surface area contributed by atoms with Gasteiger partial charge < -0.3 is 20.1 Å². The van der Waals surface area contributed by atoms with E-state index >= 15 is 0 Å². The SMILES string of the molecule is C=C/C=C(\C=C/N)c1nc(N2CCOCC2)c2nc(C(=O)OC)cc(SC)c2n1. The van der Waals surface area contributed by atoms with Gasteiger partial charge in [0.25, 0.3) is 0 Å². The van der Waals surface area contributed by atoms with E-state index < -0.39 is 5.97 Å². The van der Waals surface area contributed by atoms with E-state index in [0.29, 0.717) is 49.0 Å². The molecule has 0 bridgehead atoms. The summed E-state index contributed by atoms with van der Waals surface area (Å²) in [5.74, 6) is 0.649. The van der Waals surface area contributed by atoms with E-state index in [1.54, 1.807) is 24.3 Å². The standard InChI is InChI=1S/C20H23N5O3S/c1-4-5-13(6-7-21)18-23-16-15(29-3)12-14(20(26)27-2)22-17(16)19(24-18)25-8-10-28-11-9-25/h4-7,12H,1,8-11,21H2,2-3H3/b7-6-,13-5+. The van der Waals surface area contributed by atoms with Crippen LogP contribution in [0.4, 0.5) is 5.82 Å². The van der Waals surface area contributed by atoms with Crippen LogP contribution >= 0.6 is 11.8 Å². The van der Waals surface area contributed by atoms with Crippen LogP contribution in [0.1, 0.15) is 16.3 Å². The van der Waals surface area contributed by atoms with Gasteiger partial charge in [-0.1, -0.05) is 18.7 Å². The number of fused-ring (bicyclic) bond motifs is 1. The third-order valence-corrected chi connectivity index (χ3v) is 5.11. The summed E-state index contributed by atoms with van der Waals surface area (Å²) in [7, 11) is 1.33. The van der Waals surface area contributed by atoms with Gasteiger partial charge in [0, 0.05) is 23.6 Å². The van der Waals surface area contributed by atoms with Crippen molar-refractivity contribution < 1.29 is 14.3 Å². The second-order valence-corrected chi connectivity index (χ2v) is 6.93. The molecule has 3 rings (SSSR count). The number of hydrogen-bond donors (Lipinski definition) is 1. The first kappa shape index (κ1) is 20.8. The van der Waals surface area contributed by atoms with Gasteiger partial charge >= 0.3 is 5.97 Å². The van der Waals surface area contributed by atoms with Crippen molar-refractivity contribution in [3.63, 3.8) is 0 Å². The van der Waals surface area contributed by atoms with Crippen LogP contribution in [0, 0.1) is 0 Å². The van der Waals surface area contributed by atoms with Crippen LogP contribution < -0.4 is 10.6 Å². The first-order chi connectivity index (χ1) is 14.1. The molecule has 0 aliphatic carbocycles. The number of methoxy groups -OCH3 is 1. The first-order valence-electron chi connectivity index (χ1n) is 9.02. The molecule has 0 amide bonds. The number of pyridine rings is 1. The predicted octanol–water partition coefficient (Wildman–Crippen LogP) is 2.41. The Hall–Kier alpha value is -2.91. The summed E-state index contributed by atoms with van der Waals surface area (Å²) < 4.78 is 10.3. The molecular weight excluding hydrogens is 390 g/mol. The van der Waals surface area contributed by atoms with Crippen LogP contribution in [-0.2, 0) is 9.47 Å². The average Bonchev–Trinajstić information content (AvgIpc) is 2.77. The van der Waals surface area contributed by atoms with Gasteiger partial charge in [-0.05, 0) is 24.6 Å². The van der Waals surface area contributed by atoms with E-state index in [1.165, 1.54) is 25.1 Å². The van der Waals surface area contributed by atoms with Crippen LogP contribution in [0.3, 0.4) is 0 Å². The summed E-state index contributed by atoms with van der Waals surface area (Å²) in [5, 5.41) is 0. The smallest absolute Gasteiger partial charge is 0.356 e. The van der Waals surface area contributed by atoms with Crippen molar-refractivity contribution in [3.05, 3.63) is 48.6 Å². The molecule has 152 valence electrons. The zero-order valence-electron chi connectivity index (χ0n) is 16.4. The zero-order valence-corrected chi connectivity index (χ0v) is 17.2. The van der Waals surface area contributed by atoms with Crippen molar-refractivity contribution in [1.82, 2.24) is 15.0 Å². The highest BCUT2D eigenvalue weighted by Gasteiger charge is 2.23. The first-order valence-corrected chi connectivity index (χ1v) is 10.2. The molecule has 2 N–H and O–H groups in total. The largest absolute Gasteiger partial charge is 0.464 e. The highest BCUT2D eigenvalue weighted by molar-refractivity contribution is 7.98. The van der Waals surface area contributed by atoms with E-state index in [9.17, 15) is 4.79 Å². The highest BCUT2D eigenvalue weighted by Crippen LogP contribution is 2.32. The molecule has 1 fully saturated rings. The Balaban J connectivity index is 2.32. The van der Waals surface area contributed by atoms with Crippen LogP contribution in [-0.4, -0.2) is 60.6 Å². The molecule has 1 aliphatic rings. The minimum absolute atomic E-state index is 0.221. The molecular formula is C20H23N5O3S. The summed E-state index contributed by atoms with van der Waals surface area (Å²) in [6, 6.07) is 1.69. The Bertz CT molecular complexity index is 984. The number of nitrogens with two attached hydrogens (primary N) is 1. The second kappa shape index (κ2) is 9.53. The van der Waals surface area contributed by atoms with E-state index in [4.69, 9.17) is 25.2 Å². The van der Waals surface area contributed by atoms with Gasteiger partial charge in [-0.3, -0.25) is 0 Å². The Morgan fingerprint density at radius 1 is 1.31 bits per heavy atom. The quantitative estimate of drug-likeness (QED) is 0.434. The van der Waals surface area contributed by atoms with Crippen LogP contribution in [0.5, 0.6) is 0 Å². The molecule has 2 aromatic heterocycles. The third kappa shape index (κ3) is 4.41. The fourth-order valence-electron chi connectivity index (χ4n) is 2.99. The molecule has 0 aromatic carbocycles. The van der Waals surface area contributed by atoms with Crippen LogP contribution in [0.15, 0.2) is 42.0 Å². The molecule has 8 nitrogen and oxygen atoms in total. The Morgan fingerprint density at radius 3 is 2.69 bits per heavy atom. The van der Waals surface area contributed by atoms with Crippen molar-refractivity contribution in [3.8, 4) is 0 Å². The molecule has 1 saturated heterocycles. The van der Waals surface area contributed by atoms with Crippen LogP contribution in [0.25, 0.3) is 16.6 Å². The van der Waals surface area contributed by atoms with Crippen molar-refractivity contribution in [2.24, 2.45) is 5.73 Å². The number of aromatic nitrogens is 3. The van der Waals surface area contributed by atoms with Gasteiger partial charge in [0.2, 0.25) is 0 Å². The Kier molecular flexibility index (Phi) is 6.84. The lowest BCUT2D eigenvalue weighted by molar-refractivity contribution is 0.0594. The Morgan fingerprint density at radius 2 is 2.07 bits per heavy atom. The molecule has 9 heteroatoms. The summed E-state index contributed by atoms with van der Waals surface area (Å²) >= 11 is 1.48. The lowest BCUT2D eigenvalue weighted by Gasteiger charge is -2.28. The van der Waals surface area contributed by atoms with E-state index in [1.807, 2.05) is 6.26 Å². The number of morpholine rings is 1. The molecule has 3 heterocycles. The molecule has 2 aromatic rings. The van der Waals surface area contributed by atoms with Gasteiger partial charge in [-0.2, -0.15) is 0 Å². The normalized spacial score (nSPS) is 15.1. The van der Waals surface area contributed by atoms with Gasteiger partial charge in [0.1, 0.15) is 16.7 Å². The number of thioether (sulfide) groups is 1. The van der Waals surface area contributed by atoms with Gasteiger partial charge in [0.15, 0.2) is 11.6 Å². The van der Waals surface area contributed by atoms with Crippen molar-refractivity contribution in [2.75, 3.05) is 44.6 Å². The second-order valence-electron chi connectivity index (χ2n) is 6.09. The number of anilines is 1. The van der Waals surface area contributed by atoms with Crippen molar-refractivity contribution in [2.45, 2.75) is 4.90 Å².